The highest BCUT2D eigenvalue weighted by atomic mass is 16.2. The maximum Gasteiger partial charge on any atom is 0.274 e. The number of nitrogens with one attached hydrogen (secondary N) is 2. The second-order valence-corrected chi connectivity index (χ2v) is 6.96. The number of carbonyl (C=O) groups excluding carboxylic acids is 1. The summed E-state index contributed by atoms with van der Waals surface area (Å²) in [7, 11) is 0. The molecule has 0 aliphatic carbocycles. The Hall–Kier alpha value is -3.93. The van der Waals surface area contributed by atoms with Gasteiger partial charge < -0.3 is 15.5 Å². The van der Waals surface area contributed by atoms with Crippen LogP contribution in [0.2, 0.25) is 0 Å². The molecule has 5 rings (SSSR count). The van der Waals surface area contributed by atoms with Crippen molar-refractivity contribution in [2.75, 3.05) is 5.32 Å². The molecule has 0 radical (unpaired) electrons. The molecule has 0 spiro atoms. The molecule has 2 aromatic heterocycles. The molecule has 6 heteroatoms. The molecule has 142 valence electrons. The lowest BCUT2D eigenvalue weighted by Gasteiger charge is -2.25. The molecule has 1 atom stereocenters. The number of anilines is 1. The maximum absolute atomic E-state index is 13.0. The molecular weight excluding hydrogens is 362 g/mol. The van der Waals surface area contributed by atoms with Crippen molar-refractivity contribution in [3.05, 3.63) is 102 Å². The van der Waals surface area contributed by atoms with Crippen LogP contribution in [-0.2, 0) is 11.2 Å². The zero-order valence-electron chi connectivity index (χ0n) is 15.6. The first kappa shape index (κ1) is 17.2. The third-order valence-electron chi connectivity index (χ3n) is 5.05. The van der Waals surface area contributed by atoms with Gasteiger partial charge >= 0.3 is 0 Å². The minimum Gasteiger partial charge on any atom is -0.358 e. The van der Waals surface area contributed by atoms with Crippen LogP contribution in [-0.4, -0.2) is 26.9 Å². The number of benzene rings is 1. The average molecular weight is 381 g/mol. The predicted molar refractivity (Wildman–Crippen MR) is 112 cm³/mol. The van der Waals surface area contributed by atoms with Crippen molar-refractivity contribution in [2.45, 2.75) is 12.6 Å². The van der Waals surface area contributed by atoms with Gasteiger partial charge in [-0.3, -0.25) is 14.8 Å². The summed E-state index contributed by atoms with van der Waals surface area (Å²) in [5.74, 6) is -0.181. The highest BCUT2D eigenvalue weighted by Crippen LogP contribution is 2.27. The molecule has 1 amide bonds. The van der Waals surface area contributed by atoms with Crippen molar-refractivity contribution in [1.29, 1.82) is 0 Å². The van der Waals surface area contributed by atoms with Crippen molar-refractivity contribution in [3.63, 3.8) is 0 Å². The number of rotatable bonds is 4. The van der Waals surface area contributed by atoms with Crippen molar-refractivity contribution >= 4 is 22.5 Å². The average Bonchev–Trinajstić information content (AvgIpc) is 3.13. The Kier molecular flexibility index (Phi) is 4.29. The fraction of sp³-hybridized carbons (Fsp3) is 0.0870. The highest BCUT2D eigenvalue weighted by Gasteiger charge is 2.33. The van der Waals surface area contributed by atoms with Gasteiger partial charge in [-0.15, -0.1) is 0 Å². The van der Waals surface area contributed by atoms with E-state index in [1.165, 1.54) is 0 Å². The zero-order chi connectivity index (χ0) is 19.6. The van der Waals surface area contributed by atoms with Gasteiger partial charge in [0.2, 0.25) is 0 Å². The molecule has 0 fully saturated rings. The molecule has 0 saturated heterocycles. The molecule has 0 saturated carbocycles. The van der Waals surface area contributed by atoms with Crippen LogP contribution < -0.4 is 10.6 Å². The first-order chi connectivity index (χ1) is 14.3. The molecule has 2 aliphatic heterocycles. The maximum atomic E-state index is 13.0. The van der Waals surface area contributed by atoms with Crippen molar-refractivity contribution in [3.8, 4) is 0 Å². The van der Waals surface area contributed by atoms with Gasteiger partial charge in [0.25, 0.3) is 5.91 Å². The van der Waals surface area contributed by atoms with Crippen LogP contribution in [0.15, 0.2) is 96.9 Å². The first-order valence-electron chi connectivity index (χ1n) is 9.47. The summed E-state index contributed by atoms with van der Waals surface area (Å²) in [5, 5.41) is 7.35. The Labute approximate surface area is 168 Å². The molecule has 4 heterocycles. The Morgan fingerprint density at radius 2 is 2.00 bits per heavy atom. The number of para-hydroxylation sites is 1. The van der Waals surface area contributed by atoms with Gasteiger partial charge in [-0.2, -0.15) is 0 Å². The first-order valence-corrected chi connectivity index (χ1v) is 9.47. The monoisotopic (exact) mass is 381 g/mol. The summed E-state index contributed by atoms with van der Waals surface area (Å²) >= 11 is 0. The number of nitrogens with zero attached hydrogens (tertiary/aromatic N) is 3. The normalized spacial score (nSPS) is 17.4. The SMILES string of the molecule is O=C(Nc1cnc2ccccc2c1)C1=C2C=CC=CN2C(Cc2ccncc2)N1. The minimum absolute atomic E-state index is 0.0379. The second kappa shape index (κ2) is 7.24. The third-order valence-corrected chi connectivity index (χ3v) is 5.05. The van der Waals surface area contributed by atoms with Gasteiger partial charge in [-0.05, 0) is 42.0 Å². The Morgan fingerprint density at radius 3 is 2.90 bits per heavy atom. The molecule has 2 N–H and O–H groups in total. The Bertz CT molecular complexity index is 1170. The molecule has 2 aliphatic rings. The molecule has 0 bridgehead atoms. The van der Waals surface area contributed by atoms with Gasteiger partial charge in [0, 0.05) is 30.4 Å². The lowest BCUT2D eigenvalue weighted by atomic mass is 10.1. The van der Waals surface area contributed by atoms with Gasteiger partial charge in [0.05, 0.1) is 23.1 Å². The molecule has 29 heavy (non-hydrogen) atoms. The summed E-state index contributed by atoms with van der Waals surface area (Å²) in [6, 6.07) is 13.7. The second-order valence-electron chi connectivity index (χ2n) is 6.96. The lowest BCUT2D eigenvalue weighted by Crippen LogP contribution is -2.37. The number of allylic oxidation sites excluding steroid dienone is 3. The summed E-state index contributed by atoms with van der Waals surface area (Å²) in [6.07, 6.45) is 13.8. The number of hydrogen-bond donors (Lipinski definition) is 2. The van der Waals surface area contributed by atoms with Crippen LogP contribution in [0.4, 0.5) is 5.69 Å². The van der Waals surface area contributed by atoms with Crippen molar-refractivity contribution in [2.24, 2.45) is 0 Å². The number of pyridine rings is 2. The standard InChI is InChI=1S/C23H19N5O/c29-23(26-18-14-17-5-1-2-6-19(17)25-15-18)22-20-7-3-4-12-28(20)21(27-22)13-16-8-10-24-11-9-16/h1-12,14-15,21,27H,13H2,(H,26,29). The third kappa shape index (κ3) is 3.36. The minimum atomic E-state index is -0.181. The van der Waals surface area contributed by atoms with E-state index < -0.39 is 0 Å². The number of carbonyl (C=O) groups is 1. The van der Waals surface area contributed by atoms with Crippen LogP contribution in [0.1, 0.15) is 5.56 Å². The lowest BCUT2D eigenvalue weighted by molar-refractivity contribution is -0.113. The fourth-order valence-corrected chi connectivity index (χ4v) is 3.66. The summed E-state index contributed by atoms with van der Waals surface area (Å²) in [6.45, 7) is 0. The Morgan fingerprint density at radius 1 is 1.14 bits per heavy atom. The van der Waals surface area contributed by atoms with E-state index >= 15 is 0 Å². The van der Waals surface area contributed by atoms with Gasteiger partial charge in [-0.1, -0.05) is 24.3 Å². The number of aromatic nitrogens is 2. The quantitative estimate of drug-likeness (QED) is 0.725. The summed E-state index contributed by atoms with van der Waals surface area (Å²) < 4.78 is 0. The van der Waals surface area contributed by atoms with Crippen LogP contribution >= 0.6 is 0 Å². The molecular formula is C23H19N5O. The van der Waals surface area contributed by atoms with E-state index in [4.69, 9.17) is 0 Å². The Balaban J connectivity index is 1.39. The summed E-state index contributed by atoms with van der Waals surface area (Å²) in [4.78, 5) is 23.6. The van der Waals surface area contributed by atoms with E-state index in [1.807, 2.05) is 66.9 Å². The fourth-order valence-electron chi connectivity index (χ4n) is 3.66. The van der Waals surface area contributed by atoms with E-state index in [-0.39, 0.29) is 12.1 Å². The molecule has 3 aromatic rings. The van der Waals surface area contributed by atoms with Crippen LogP contribution in [0.3, 0.4) is 0 Å². The van der Waals surface area contributed by atoms with Crippen molar-refractivity contribution in [1.82, 2.24) is 20.2 Å². The zero-order valence-corrected chi connectivity index (χ0v) is 15.6. The van der Waals surface area contributed by atoms with E-state index in [0.29, 0.717) is 11.4 Å². The van der Waals surface area contributed by atoms with Crippen LogP contribution in [0.5, 0.6) is 0 Å². The van der Waals surface area contributed by atoms with Crippen LogP contribution in [0, 0.1) is 0 Å². The van der Waals surface area contributed by atoms with E-state index in [9.17, 15) is 4.79 Å². The molecule has 6 nitrogen and oxygen atoms in total. The van der Waals surface area contributed by atoms with E-state index in [2.05, 4.69) is 25.5 Å². The van der Waals surface area contributed by atoms with Crippen LogP contribution in [0.25, 0.3) is 10.9 Å². The number of amides is 1. The highest BCUT2D eigenvalue weighted by molar-refractivity contribution is 6.05. The predicted octanol–water partition coefficient (Wildman–Crippen LogP) is 3.34. The van der Waals surface area contributed by atoms with E-state index in [0.717, 1.165) is 28.6 Å². The topological polar surface area (TPSA) is 70.2 Å². The van der Waals surface area contributed by atoms with Gasteiger partial charge in [-0.25, -0.2) is 0 Å². The smallest absolute Gasteiger partial charge is 0.274 e. The molecule has 1 aromatic carbocycles. The molecule has 1 unspecified atom stereocenters. The van der Waals surface area contributed by atoms with Gasteiger partial charge in [0.1, 0.15) is 11.9 Å². The number of hydrogen-bond acceptors (Lipinski definition) is 5. The summed E-state index contributed by atoms with van der Waals surface area (Å²) in [5.41, 5.74) is 4.13. The van der Waals surface area contributed by atoms with E-state index in [1.54, 1.807) is 18.6 Å². The van der Waals surface area contributed by atoms with Gasteiger partial charge in [0.15, 0.2) is 0 Å². The largest absolute Gasteiger partial charge is 0.358 e. The number of fused-ring (bicyclic) bond motifs is 2. The van der Waals surface area contributed by atoms with Crippen molar-refractivity contribution < 1.29 is 4.79 Å².